The second-order valence-corrected chi connectivity index (χ2v) is 7.38. The standard InChI is InChI=1S/C20H17NO5S/c1-26-21(19-13-6-5-12-18(19)20(22)23)27(24,25)17-11-7-10-16(14-17)15-8-3-2-4-9-15/h2-14H,1H3,(H,22,23). The van der Waals surface area contributed by atoms with Crippen molar-refractivity contribution < 1.29 is 23.2 Å². The van der Waals surface area contributed by atoms with Crippen LogP contribution in [0.5, 0.6) is 0 Å². The molecule has 0 unspecified atom stereocenters. The Morgan fingerprint density at radius 2 is 1.52 bits per heavy atom. The number of rotatable bonds is 6. The van der Waals surface area contributed by atoms with Gasteiger partial charge in [-0.05, 0) is 35.4 Å². The van der Waals surface area contributed by atoms with Gasteiger partial charge in [0.25, 0.3) is 10.0 Å². The second-order valence-electron chi connectivity index (χ2n) is 5.63. The van der Waals surface area contributed by atoms with Crippen LogP contribution in [0.4, 0.5) is 5.69 Å². The molecule has 3 rings (SSSR count). The van der Waals surface area contributed by atoms with E-state index < -0.39 is 16.0 Å². The Morgan fingerprint density at radius 3 is 2.19 bits per heavy atom. The molecule has 7 heteroatoms. The topological polar surface area (TPSA) is 83.9 Å². The quantitative estimate of drug-likeness (QED) is 0.655. The summed E-state index contributed by atoms with van der Waals surface area (Å²) in [4.78, 5) is 16.5. The molecule has 0 aliphatic heterocycles. The minimum absolute atomic E-state index is 0.00843. The van der Waals surface area contributed by atoms with Crippen LogP contribution < -0.4 is 4.47 Å². The molecule has 0 saturated carbocycles. The van der Waals surface area contributed by atoms with Crippen molar-refractivity contribution in [3.63, 3.8) is 0 Å². The summed E-state index contributed by atoms with van der Waals surface area (Å²) in [6.07, 6.45) is 0. The van der Waals surface area contributed by atoms with Crippen LogP contribution in [-0.2, 0) is 14.9 Å². The highest BCUT2D eigenvalue weighted by Crippen LogP contribution is 2.29. The summed E-state index contributed by atoms with van der Waals surface area (Å²) in [6.45, 7) is 0. The van der Waals surface area contributed by atoms with E-state index in [1.54, 1.807) is 18.2 Å². The number of sulfonamides is 1. The number of nitrogens with zero attached hydrogens (tertiary/aromatic N) is 1. The molecular formula is C20H17NO5S. The van der Waals surface area contributed by atoms with E-state index >= 15 is 0 Å². The predicted molar refractivity (Wildman–Crippen MR) is 102 cm³/mol. The van der Waals surface area contributed by atoms with Crippen LogP contribution in [0.1, 0.15) is 10.4 Å². The zero-order valence-electron chi connectivity index (χ0n) is 14.4. The Labute approximate surface area is 157 Å². The van der Waals surface area contributed by atoms with Gasteiger partial charge < -0.3 is 5.11 Å². The zero-order chi connectivity index (χ0) is 19.4. The molecule has 1 N–H and O–H groups in total. The minimum atomic E-state index is -4.14. The Kier molecular flexibility index (Phi) is 5.25. The molecule has 6 nitrogen and oxygen atoms in total. The van der Waals surface area contributed by atoms with Crippen LogP contribution in [-0.4, -0.2) is 26.6 Å². The fourth-order valence-corrected chi connectivity index (χ4v) is 4.03. The highest BCUT2D eigenvalue weighted by Gasteiger charge is 2.29. The van der Waals surface area contributed by atoms with Gasteiger partial charge in [0.05, 0.1) is 23.3 Å². The molecule has 0 fully saturated rings. The number of carboxylic acid groups (broad SMARTS) is 1. The fourth-order valence-electron chi connectivity index (χ4n) is 2.70. The molecular weight excluding hydrogens is 366 g/mol. The highest BCUT2D eigenvalue weighted by molar-refractivity contribution is 7.92. The van der Waals surface area contributed by atoms with E-state index in [1.165, 1.54) is 37.4 Å². The third kappa shape index (κ3) is 3.69. The zero-order valence-corrected chi connectivity index (χ0v) is 15.3. The van der Waals surface area contributed by atoms with Crippen LogP contribution in [0.15, 0.2) is 83.8 Å². The molecule has 0 heterocycles. The molecule has 0 aliphatic rings. The van der Waals surface area contributed by atoms with Gasteiger partial charge in [-0.2, -0.15) is 8.42 Å². The van der Waals surface area contributed by atoms with Crippen LogP contribution in [0, 0.1) is 0 Å². The number of hydrogen-bond acceptors (Lipinski definition) is 4. The molecule has 0 bridgehead atoms. The van der Waals surface area contributed by atoms with Gasteiger partial charge in [-0.15, -0.1) is 4.47 Å². The van der Waals surface area contributed by atoms with Crippen LogP contribution in [0.25, 0.3) is 11.1 Å². The number of benzene rings is 3. The van der Waals surface area contributed by atoms with Gasteiger partial charge in [-0.25, -0.2) is 4.79 Å². The number of hydrogen-bond donors (Lipinski definition) is 1. The average Bonchev–Trinajstić information content (AvgIpc) is 2.69. The number of carboxylic acids is 1. The Bertz CT molecular complexity index is 1060. The maximum absolute atomic E-state index is 13.1. The van der Waals surface area contributed by atoms with E-state index in [0.29, 0.717) is 4.47 Å². The summed E-state index contributed by atoms with van der Waals surface area (Å²) >= 11 is 0. The normalized spacial score (nSPS) is 11.1. The molecule has 138 valence electrons. The van der Waals surface area contributed by atoms with E-state index in [-0.39, 0.29) is 16.1 Å². The summed E-state index contributed by atoms with van der Waals surface area (Å²) in [5.41, 5.74) is 1.34. The summed E-state index contributed by atoms with van der Waals surface area (Å²) in [5, 5.41) is 9.36. The van der Waals surface area contributed by atoms with Crippen molar-refractivity contribution in [2.45, 2.75) is 4.90 Å². The lowest BCUT2D eigenvalue weighted by atomic mass is 10.1. The monoisotopic (exact) mass is 383 g/mol. The minimum Gasteiger partial charge on any atom is -0.478 e. The molecule has 3 aromatic carbocycles. The van der Waals surface area contributed by atoms with Crippen molar-refractivity contribution in [1.29, 1.82) is 0 Å². The van der Waals surface area contributed by atoms with Crippen molar-refractivity contribution in [1.82, 2.24) is 0 Å². The predicted octanol–water partition coefficient (Wildman–Crippen LogP) is 3.81. The maximum Gasteiger partial charge on any atom is 0.337 e. The van der Waals surface area contributed by atoms with Gasteiger partial charge in [-0.3, -0.25) is 4.84 Å². The Hall–Kier alpha value is -3.16. The molecule has 0 atom stereocenters. The SMILES string of the molecule is CON(c1ccccc1C(=O)O)S(=O)(=O)c1cccc(-c2ccccc2)c1. The number of carbonyl (C=O) groups is 1. The van der Waals surface area contributed by atoms with Crippen molar-refractivity contribution in [3.05, 3.63) is 84.4 Å². The average molecular weight is 383 g/mol. The molecule has 0 radical (unpaired) electrons. The molecule has 0 saturated heterocycles. The Balaban J connectivity index is 2.09. The summed E-state index contributed by atoms with van der Waals surface area (Å²) < 4.78 is 26.9. The van der Waals surface area contributed by atoms with E-state index in [9.17, 15) is 18.3 Å². The summed E-state index contributed by atoms with van der Waals surface area (Å²) in [7, 11) is -2.97. The molecule has 0 aliphatic carbocycles. The van der Waals surface area contributed by atoms with E-state index in [0.717, 1.165) is 11.1 Å². The number of anilines is 1. The highest BCUT2D eigenvalue weighted by atomic mass is 32.2. The smallest absolute Gasteiger partial charge is 0.337 e. The van der Waals surface area contributed by atoms with Gasteiger partial charge in [0.2, 0.25) is 0 Å². The first-order valence-corrected chi connectivity index (χ1v) is 9.46. The van der Waals surface area contributed by atoms with Crippen molar-refractivity contribution >= 4 is 21.7 Å². The van der Waals surface area contributed by atoms with E-state index in [2.05, 4.69) is 0 Å². The molecule has 0 spiro atoms. The summed E-state index contributed by atoms with van der Waals surface area (Å²) in [6, 6.07) is 21.5. The van der Waals surface area contributed by atoms with Gasteiger partial charge >= 0.3 is 5.97 Å². The lowest BCUT2D eigenvalue weighted by Gasteiger charge is -2.23. The molecule has 3 aromatic rings. The largest absolute Gasteiger partial charge is 0.478 e. The molecule has 0 aromatic heterocycles. The number of para-hydroxylation sites is 1. The fraction of sp³-hybridized carbons (Fsp3) is 0.0500. The molecule has 27 heavy (non-hydrogen) atoms. The maximum atomic E-state index is 13.1. The number of aromatic carboxylic acids is 1. The van der Waals surface area contributed by atoms with Gasteiger partial charge in [-0.1, -0.05) is 54.6 Å². The molecule has 0 amide bonds. The first-order valence-electron chi connectivity index (χ1n) is 8.02. The van der Waals surface area contributed by atoms with Gasteiger partial charge in [0.1, 0.15) is 0 Å². The lowest BCUT2D eigenvalue weighted by Crippen LogP contribution is -2.31. The lowest BCUT2D eigenvalue weighted by molar-refractivity contribution is 0.0696. The van der Waals surface area contributed by atoms with Crippen LogP contribution >= 0.6 is 0 Å². The summed E-state index contributed by atoms with van der Waals surface area (Å²) in [5.74, 6) is -1.25. The van der Waals surface area contributed by atoms with Gasteiger partial charge in [0.15, 0.2) is 0 Å². The second kappa shape index (κ2) is 7.61. The first kappa shape index (κ1) is 18.6. The third-order valence-corrected chi connectivity index (χ3v) is 5.59. The van der Waals surface area contributed by atoms with Crippen LogP contribution in [0.3, 0.4) is 0 Å². The first-order chi connectivity index (χ1) is 12.9. The van der Waals surface area contributed by atoms with E-state index in [1.807, 2.05) is 30.3 Å². The van der Waals surface area contributed by atoms with Crippen molar-refractivity contribution in [3.8, 4) is 11.1 Å². The Morgan fingerprint density at radius 1 is 0.889 bits per heavy atom. The third-order valence-electron chi connectivity index (χ3n) is 3.95. The van der Waals surface area contributed by atoms with Crippen molar-refractivity contribution in [2.75, 3.05) is 11.6 Å². The van der Waals surface area contributed by atoms with Gasteiger partial charge in [0, 0.05) is 0 Å². The van der Waals surface area contributed by atoms with Crippen LogP contribution in [0.2, 0.25) is 0 Å². The van der Waals surface area contributed by atoms with Crippen molar-refractivity contribution in [2.24, 2.45) is 0 Å². The van der Waals surface area contributed by atoms with E-state index in [4.69, 9.17) is 4.84 Å².